The standard InChI is InChI=1S/C20H19NO3S/c1-3-23-20(22)16-8-10-18(11-9-16)24-12-17-13-25-19(21-17)15-6-4-14(2)5-7-15/h4-11,13H,3,12H2,1-2H3. The van der Waals surface area contributed by atoms with Crippen molar-refractivity contribution in [1.29, 1.82) is 0 Å². The maximum absolute atomic E-state index is 11.6. The van der Waals surface area contributed by atoms with E-state index in [1.54, 1.807) is 42.5 Å². The average Bonchev–Trinajstić information content (AvgIpc) is 3.10. The quantitative estimate of drug-likeness (QED) is 0.593. The molecule has 4 nitrogen and oxygen atoms in total. The molecule has 0 aliphatic rings. The van der Waals surface area contributed by atoms with Gasteiger partial charge in [-0.3, -0.25) is 0 Å². The van der Waals surface area contributed by atoms with Crippen molar-refractivity contribution in [2.45, 2.75) is 20.5 Å². The number of ether oxygens (including phenoxy) is 2. The van der Waals surface area contributed by atoms with Gasteiger partial charge in [0.25, 0.3) is 0 Å². The van der Waals surface area contributed by atoms with Gasteiger partial charge in [0.05, 0.1) is 17.9 Å². The second-order valence-electron chi connectivity index (χ2n) is 5.54. The molecule has 0 unspecified atom stereocenters. The summed E-state index contributed by atoms with van der Waals surface area (Å²) in [6.07, 6.45) is 0. The molecule has 3 rings (SSSR count). The molecule has 2 aromatic carbocycles. The van der Waals surface area contributed by atoms with E-state index in [-0.39, 0.29) is 5.97 Å². The van der Waals surface area contributed by atoms with Crippen LogP contribution in [0.5, 0.6) is 5.75 Å². The van der Waals surface area contributed by atoms with Gasteiger partial charge in [0.2, 0.25) is 0 Å². The van der Waals surface area contributed by atoms with Crippen LogP contribution in [0.4, 0.5) is 0 Å². The van der Waals surface area contributed by atoms with E-state index in [9.17, 15) is 4.79 Å². The van der Waals surface area contributed by atoms with E-state index < -0.39 is 0 Å². The number of benzene rings is 2. The van der Waals surface area contributed by atoms with E-state index in [2.05, 4.69) is 36.2 Å². The summed E-state index contributed by atoms with van der Waals surface area (Å²) >= 11 is 1.60. The van der Waals surface area contributed by atoms with Gasteiger partial charge in [-0.1, -0.05) is 29.8 Å². The molecular formula is C20H19NO3S. The third kappa shape index (κ3) is 4.45. The maximum Gasteiger partial charge on any atom is 0.338 e. The van der Waals surface area contributed by atoms with Gasteiger partial charge in [0.15, 0.2) is 0 Å². The molecule has 0 aliphatic heterocycles. The van der Waals surface area contributed by atoms with Crippen LogP contribution in [-0.2, 0) is 11.3 Å². The highest BCUT2D eigenvalue weighted by molar-refractivity contribution is 7.13. The lowest BCUT2D eigenvalue weighted by molar-refractivity contribution is 0.0526. The molecule has 0 aliphatic carbocycles. The third-order valence-corrected chi connectivity index (χ3v) is 4.54. The number of nitrogens with zero attached hydrogens (tertiary/aromatic N) is 1. The molecule has 5 heteroatoms. The number of hydrogen-bond acceptors (Lipinski definition) is 5. The van der Waals surface area contributed by atoms with Gasteiger partial charge in [-0.15, -0.1) is 11.3 Å². The molecule has 0 fully saturated rings. The Kier molecular flexibility index (Phi) is 5.46. The first-order valence-corrected chi connectivity index (χ1v) is 8.95. The number of carbonyl (C=O) groups is 1. The first kappa shape index (κ1) is 17.2. The van der Waals surface area contributed by atoms with Crippen LogP contribution in [0.2, 0.25) is 0 Å². The predicted octanol–water partition coefficient (Wildman–Crippen LogP) is 4.87. The Morgan fingerprint density at radius 1 is 1.08 bits per heavy atom. The minimum atomic E-state index is -0.323. The van der Waals surface area contributed by atoms with Crippen LogP contribution in [0.15, 0.2) is 53.9 Å². The van der Waals surface area contributed by atoms with Crippen LogP contribution in [0.25, 0.3) is 10.6 Å². The molecule has 0 saturated heterocycles. The number of hydrogen-bond donors (Lipinski definition) is 0. The van der Waals surface area contributed by atoms with E-state index in [4.69, 9.17) is 9.47 Å². The van der Waals surface area contributed by atoms with Gasteiger partial charge in [0, 0.05) is 10.9 Å². The van der Waals surface area contributed by atoms with Crippen LogP contribution < -0.4 is 4.74 Å². The number of esters is 1. The minimum Gasteiger partial charge on any atom is -0.487 e. The Labute approximate surface area is 151 Å². The molecule has 1 heterocycles. The fraction of sp³-hybridized carbons (Fsp3) is 0.200. The van der Waals surface area contributed by atoms with Gasteiger partial charge in [-0.2, -0.15) is 0 Å². The molecule has 0 amide bonds. The van der Waals surface area contributed by atoms with E-state index >= 15 is 0 Å². The molecule has 0 spiro atoms. The van der Waals surface area contributed by atoms with Crippen LogP contribution >= 0.6 is 11.3 Å². The zero-order valence-electron chi connectivity index (χ0n) is 14.2. The summed E-state index contributed by atoms with van der Waals surface area (Å²) in [5.74, 6) is 0.370. The fourth-order valence-electron chi connectivity index (χ4n) is 2.26. The van der Waals surface area contributed by atoms with Crippen molar-refractivity contribution in [2.75, 3.05) is 6.61 Å². The first-order valence-electron chi connectivity index (χ1n) is 8.07. The predicted molar refractivity (Wildman–Crippen MR) is 99.0 cm³/mol. The summed E-state index contributed by atoms with van der Waals surface area (Å²) in [6.45, 7) is 4.61. The normalized spacial score (nSPS) is 10.5. The zero-order valence-corrected chi connectivity index (χ0v) is 15.0. The maximum atomic E-state index is 11.6. The smallest absolute Gasteiger partial charge is 0.338 e. The highest BCUT2D eigenvalue weighted by Crippen LogP contribution is 2.24. The van der Waals surface area contributed by atoms with E-state index in [1.165, 1.54) is 5.56 Å². The molecule has 0 saturated carbocycles. The van der Waals surface area contributed by atoms with Crippen molar-refractivity contribution >= 4 is 17.3 Å². The van der Waals surface area contributed by atoms with Crippen molar-refractivity contribution in [3.8, 4) is 16.3 Å². The Morgan fingerprint density at radius 3 is 2.48 bits per heavy atom. The monoisotopic (exact) mass is 353 g/mol. The van der Waals surface area contributed by atoms with E-state index in [1.807, 2.05) is 5.38 Å². The molecule has 0 radical (unpaired) electrons. The number of aromatic nitrogens is 1. The van der Waals surface area contributed by atoms with Gasteiger partial charge in [-0.25, -0.2) is 9.78 Å². The van der Waals surface area contributed by atoms with Crippen molar-refractivity contribution in [1.82, 2.24) is 4.98 Å². The van der Waals surface area contributed by atoms with Crippen LogP contribution in [0, 0.1) is 6.92 Å². The van der Waals surface area contributed by atoms with Crippen LogP contribution in [0.1, 0.15) is 28.5 Å². The second-order valence-corrected chi connectivity index (χ2v) is 6.40. The molecule has 0 N–H and O–H groups in total. The second kappa shape index (κ2) is 7.94. The Hall–Kier alpha value is -2.66. The van der Waals surface area contributed by atoms with Gasteiger partial charge >= 0.3 is 5.97 Å². The SMILES string of the molecule is CCOC(=O)c1ccc(OCc2csc(-c3ccc(C)cc3)n2)cc1. The Morgan fingerprint density at radius 2 is 1.80 bits per heavy atom. The largest absolute Gasteiger partial charge is 0.487 e. The highest BCUT2D eigenvalue weighted by Gasteiger charge is 2.08. The van der Waals surface area contributed by atoms with Gasteiger partial charge < -0.3 is 9.47 Å². The number of aryl methyl sites for hydroxylation is 1. The lowest BCUT2D eigenvalue weighted by Gasteiger charge is -2.05. The molecule has 0 atom stereocenters. The van der Waals surface area contributed by atoms with Crippen molar-refractivity contribution in [3.05, 3.63) is 70.7 Å². The lowest BCUT2D eigenvalue weighted by Crippen LogP contribution is -2.04. The molecule has 1 aromatic heterocycles. The van der Waals surface area contributed by atoms with Crippen molar-refractivity contribution < 1.29 is 14.3 Å². The summed E-state index contributed by atoms with van der Waals surface area (Å²) in [5.41, 5.74) is 3.75. The molecule has 0 bridgehead atoms. The third-order valence-electron chi connectivity index (χ3n) is 3.60. The van der Waals surface area contributed by atoms with E-state index in [0.717, 1.165) is 16.3 Å². The summed E-state index contributed by atoms with van der Waals surface area (Å²) in [5, 5.41) is 2.98. The van der Waals surface area contributed by atoms with Crippen LogP contribution in [0.3, 0.4) is 0 Å². The first-order chi connectivity index (χ1) is 12.2. The summed E-state index contributed by atoms with van der Waals surface area (Å²) in [4.78, 5) is 16.2. The Bertz CT molecular complexity index is 838. The van der Waals surface area contributed by atoms with Crippen LogP contribution in [-0.4, -0.2) is 17.6 Å². The number of carbonyl (C=O) groups excluding carboxylic acids is 1. The molecular weight excluding hydrogens is 334 g/mol. The van der Waals surface area contributed by atoms with Gasteiger partial charge in [0.1, 0.15) is 17.4 Å². The topological polar surface area (TPSA) is 48.4 Å². The van der Waals surface area contributed by atoms with Crippen molar-refractivity contribution in [3.63, 3.8) is 0 Å². The Balaban J connectivity index is 1.60. The highest BCUT2D eigenvalue weighted by atomic mass is 32.1. The van der Waals surface area contributed by atoms with Gasteiger partial charge in [-0.05, 0) is 38.1 Å². The number of thiazole rings is 1. The summed E-state index contributed by atoms with van der Waals surface area (Å²) in [6, 6.07) is 15.2. The summed E-state index contributed by atoms with van der Waals surface area (Å²) < 4.78 is 10.7. The van der Waals surface area contributed by atoms with E-state index in [0.29, 0.717) is 24.5 Å². The zero-order chi connectivity index (χ0) is 17.6. The lowest BCUT2D eigenvalue weighted by atomic mass is 10.2. The average molecular weight is 353 g/mol. The summed E-state index contributed by atoms with van der Waals surface area (Å²) in [7, 11) is 0. The molecule has 128 valence electrons. The minimum absolute atomic E-state index is 0.323. The molecule has 25 heavy (non-hydrogen) atoms. The molecule has 3 aromatic rings. The number of rotatable bonds is 6. The fourth-order valence-corrected chi connectivity index (χ4v) is 3.07. The van der Waals surface area contributed by atoms with Crippen molar-refractivity contribution in [2.24, 2.45) is 0 Å².